The maximum absolute atomic E-state index is 12.7. The van der Waals surface area contributed by atoms with E-state index in [-0.39, 0.29) is 11.8 Å². The number of carbonyl (C=O) groups excluding carboxylic acids is 2. The number of aliphatic carboxylic acids is 1. The summed E-state index contributed by atoms with van der Waals surface area (Å²) in [5.41, 5.74) is 8.51. The lowest BCUT2D eigenvalue weighted by atomic mass is 9.93. The first kappa shape index (κ1) is 24.7. The van der Waals surface area contributed by atoms with Crippen LogP contribution in [0.1, 0.15) is 58.9 Å². The number of amides is 2. The van der Waals surface area contributed by atoms with Crippen LogP contribution in [0.25, 0.3) is 0 Å². The van der Waals surface area contributed by atoms with Crippen LogP contribution in [-0.4, -0.2) is 59.0 Å². The number of piperidine rings is 1. The number of aromatic nitrogens is 1. The number of pyridine rings is 1. The number of hydrogen-bond donors (Lipinski definition) is 4. The number of fused-ring (bicyclic) bond motifs is 1. The lowest BCUT2D eigenvalue weighted by Gasteiger charge is -2.35. The second-order valence-electron chi connectivity index (χ2n) is 9.27. The number of nitrogens with one attached hydrogen (secondary N) is 2. The molecule has 0 aliphatic carbocycles. The highest BCUT2D eigenvalue weighted by Crippen LogP contribution is 2.28. The van der Waals surface area contributed by atoms with Crippen LogP contribution in [0.4, 0.5) is 5.82 Å². The Morgan fingerprint density at radius 2 is 1.89 bits per heavy atom. The normalized spacial score (nSPS) is 17.1. The quantitative estimate of drug-likeness (QED) is 0.404. The lowest BCUT2D eigenvalue weighted by molar-refractivity contribution is -0.144. The van der Waals surface area contributed by atoms with E-state index in [1.165, 1.54) is 5.56 Å². The molecule has 1 aromatic carbocycles. The Morgan fingerprint density at radius 3 is 2.57 bits per heavy atom. The lowest BCUT2D eigenvalue weighted by Crippen LogP contribution is -2.44. The summed E-state index contributed by atoms with van der Waals surface area (Å²) in [6, 6.07) is 9.75. The SMILES string of the molecule is NC(=O)c1ccc(C(C(=O)O)N2CCC(C(=O)NCCCc3ccc4c(n3)NCCC4)CC2)cc1. The maximum atomic E-state index is 12.7. The second kappa shape index (κ2) is 11.3. The largest absolute Gasteiger partial charge is 0.480 e. The second-order valence-corrected chi connectivity index (χ2v) is 9.27. The highest BCUT2D eigenvalue weighted by Gasteiger charge is 2.33. The third-order valence-electron chi connectivity index (χ3n) is 6.87. The summed E-state index contributed by atoms with van der Waals surface area (Å²) in [7, 11) is 0. The molecule has 1 saturated heterocycles. The fourth-order valence-electron chi connectivity index (χ4n) is 4.89. The van der Waals surface area contributed by atoms with Gasteiger partial charge in [0.05, 0.1) is 0 Å². The van der Waals surface area contributed by atoms with E-state index in [4.69, 9.17) is 10.7 Å². The van der Waals surface area contributed by atoms with Crippen molar-refractivity contribution in [3.8, 4) is 0 Å². The van der Waals surface area contributed by atoms with Crippen molar-refractivity contribution in [3.63, 3.8) is 0 Å². The number of hydrogen-bond acceptors (Lipinski definition) is 6. The first-order chi connectivity index (χ1) is 16.9. The number of carbonyl (C=O) groups is 3. The van der Waals surface area contributed by atoms with E-state index in [2.05, 4.69) is 22.8 Å². The van der Waals surface area contributed by atoms with Gasteiger partial charge in [-0.1, -0.05) is 18.2 Å². The van der Waals surface area contributed by atoms with Crippen LogP contribution in [0.3, 0.4) is 0 Å². The average molecular weight is 480 g/mol. The molecule has 0 radical (unpaired) electrons. The molecule has 9 heteroatoms. The predicted molar refractivity (Wildman–Crippen MR) is 132 cm³/mol. The van der Waals surface area contributed by atoms with Gasteiger partial charge in [-0.05, 0) is 67.9 Å². The summed E-state index contributed by atoms with van der Waals surface area (Å²) in [6.45, 7) is 2.58. The highest BCUT2D eigenvalue weighted by atomic mass is 16.4. The van der Waals surface area contributed by atoms with Gasteiger partial charge in [-0.3, -0.25) is 19.3 Å². The molecule has 1 aromatic heterocycles. The monoisotopic (exact) mass is 479 g/mol. The predicted octanol–water partition coefficient (Wildman–Crippen LogP) is 2.13. The zero-order chi connectivity index (χ0) is 24.8. The van der Waals surface area contributed by atoms with Gasteiger partial charge in [0.25, 0.3) is 0 Å². The summed E-state index contributed by atoms with van der Waals surface area (Å²) in [5, 5.41) is 16.2. The van der Waals surface area contributed by atoms with E-state index in [1.54, 1.807) is 24.3 Å². The van der Waals surface area contributed by atoms with Crippen molar-refractivity contribution in [3.05, 3.63) is 58.8 Å². The third kappa shape index (κ3) is 6.16. The molecule has 1 unspecified atom stereocenters. The van der Waals surface area contributed by atoms with Gasteiger partial charge < -0.3 is 21.5 Å². The van der Waals surface area contributed by atoms with Crippen molar-refractivity contribution in [2.24, 2.45) is 11.7 Å². The van der Waals surface area contributed by atoms with E-state index in [1.807, 2.05) is 4.90 Å². The molecule has 0 saturated carbocycles. The van der Waals surface area contributed by atoms with Crippen molar-refractivity contribution < 1.29 is 19.5 Å². The molecule has 1 fully saturated rings. The minimum Gasteiger partial charge on any atom is -0.480 e. The summed E-state index contributed by atoms with van der Waals surface area (Å²) < 4.78 is 0. The minimum atomic E-state index is -0.953. The van der Waals surface area contributed by atoms with Crippen molar-refractivity contribution in [1.29, 1.82) is 0 Å². The van der Waals surface area contributed by atoms with Gasteiger partial charge in [-0.25, -0.2) is 4.98 Å². The zero-order valence-electron chi connectivity index (χ0n) is 19.8. The number of nitrogens with zero attached hydrogens (tertiary/aromatic N) is 2. The Morgan fingerprint density at radius 1 is 1.14 bits per heavy atom. The number of likely N-dealkylation sites (tertiary alicyclic amines) is 1. The van der Waals surface area contributed by atoms with E-state index in [0.29, 0.717) is 43.6 Å². The first-order valence-electron chi connectivity index (χ1n) is 12.3. The minimum absolute atomic E-state index is 0.0300. The summed E-state index contributed by atoms with van der Waals surface area (Å²) in [5.74, 6) is -0.601. The van der Waals surface area contributed by atoms with Crippen LogP contribution < -0.4 is 16.4 Å². The Kier molecular flexibility index (Phi) is 7.97. The molecule has 0 bridgehead atoms. The average Bonchev–Trinajstić information content (AvgIpc) is 2.87. The Balaban J connectivity index is 1.22. The topological polar surface area (TPSA) is 138 Å². The molecule has 1 atom stereocenters. The van der Waals surface area contributed by atoms with Gasteiger partial charge >= 0.3 is 5.97 Å². The van der Waals surface area contributed by atoms with Crippen molar-refractivity contribution >= 4 is 23.6 Å². The number of nitrogens with two attached hydrogens (primary N) is 1. The van der Waals surface area contributed by atoms with E-state index in [9.17, 15) is 19.5 Å². The van der Waals surface area contributed by atoms with Gasteiger partial charge in [-0.15, -0.1) is 0 Å². The van der Waals surface area contributed by atoms with E-state index in [0.717, 1.165) is 43.7 Å². The fraction of sp³-hybridized carbons (Fsp3) is 0.462. The molecule has 2 aliphatic heterocycles. The van der Waals surface area contributed by atoms with Crippen LogP contribution in [0, 0.1) is 5.92 Å². The van der Waals surface area contributed by atoms with Crippen molar-refractivity contribution in [2.45, 2.75) is 44.6 Å². The van der Waals surface area contributed by atoms with Crippen LogP contribution in [0.15, 0.2) is 36.4 Å². The molecule has 9 nitrogen and oxygen atoms in total. The number of aryl methyl sites for hydroxylation is 2. The van der Waals surface area contributed by atoms with Crippen LogP contribution >= 0.6 is 0 Å². The fourth-order valence-corrected chi connectivity index (χ4v) is 4.89. The molecular weight excluding hydrogens is 446 g/mol. The van der Waals surface area contributed by atoms with Gasteiger partial charge in [0.1, 0.15) is 11.9 Å². The molecule has 2 aromatic rings. The van der Waals surface area contributed by atoms with E-state index >= 15 is 0 Å². The number of carboxylic acid groups (broad SMARTS) is 1. The molecule has 3 heterocycles. The Bertz CT molecular complexity index is 1060. The van der Waals surface area contributed by atoms with Gasteiger partial charge in [0.2, 0.25) is 11.8 Å². The number of anilines is 1. The summed E-state index contributed by atoms with van der Waals surface area (Å²) in [6.07, 6.45) is 5.04. The van der Waals surface area contributed by atoms with Gasteiger partial charge in [-0.2, -0.15) is 0 Å². The van der Waals surface area contributed by atoms with Crippen LogP contribution in [0.5, 0.6) is 0 Å². The highest BCUT2D eigenvalue weighted by molar-refractivity contribution is 5.92. The summed E-state index contributed by atoms with van der Waals surface area (Å²) in [4.78, 5) is 42.5. The molecule has 0 spiro atoms. The molecule has 2 aliphatic rings. The molecular formula is C26H33N5O4. The number of carboxylic acids is 1. The Labute approximate surface area is 205 Å². The van der Waals surface area contributed by atoms with Crippen molar-refractivity contribution in [1.82, 2.24) is 15.2 Å². The molecule has 35 heavy (non-hydrogen) atoms. The smallest absolute Gasteiger partial charge is 0.325 e. The molecule has 4 rings (SSSR count). The van der Waals surface area contributed by atoms with Gasteiger partial charge in [0.15, 0.2) is 0 Å². The van der Waals surface area contributed by atoms with Crippen LogP contribution in [-0.2, 0) is 22.4 Å². The standard InChI is InChI=1S/C26H33N5O4/c27-23(32)18-7-5-17(6-8-18)22(26(34)35)31-15-11-20(12-16-31)25(33)29-14-2-4-21-10-9-19-3-1-13-28-24(19)30-21/h5-10,20,22H,1-4,11-16H2,(H2,27,32)(H,28,30)(H,29,33)(H,34,35). The first-order valence-corrected chi connectivity index (χ1v) is 12.3. The molecule has 186 valence electrons. The number of rotatable bonds is 9. The third-order valence-corrected chi connectivity index (χ3v) is 6.87. The number of primary amides is 1. The molecule has 2 amide bonds. The molecule has 5 N–H and O–H groups in total. The van der Waals surface area contributed by atoms with Crippen LogP contribution in [0.2, 0.25) is 0 Å². The van der Waals surface area contributed by atoms with Gasteiger partial charge in [0, 0.05) is 43.4 Å². The zero-order valence-corrected chi connectivity index (χ0v) is 19.8. The Hall–Kier alpha value is -3.46. The number of benzene rings is 1. The maximum Gasteiger partial charge on any atom is 0.325 e. The van der Waals surface area contributed by atoms with E-state index < -0.39 is 17.9 Å². The summed E-state index contributed by atoms with van der Waals surface area (Å²) >= 11 is 0. The van der Waals surface area contributed by atoms with Crippen molar-refractivity contribution in [2.75, 3.05) is 31.5 Å².